The molecule has 1 atom stereocenters. The first kappa shape index (κ1) is 17.2. The van der Waals surface area contributed by atoms with E-state index in [4.69, 9.17) is 0 Å². The molecule has 0 aliphatic rings. The molecule has 5 nitrogen and oxygen atoms in total. The molecular formula is C19H19N3O2S. The van der Waals surface area contributed by atoms with Crippen LogP contribution in [0.25, 0.3) is 10.9 Å². The molecule has 6 heteroatoms. The molecule has 0 radical (unpaired) electrons. The minimum Gasteiger partial charge on any atom is -0.337 e. The molecule has 0 bridgehead atoms. The number of fused-ring (bicyclic) bond motifs is 1. The summed E-state index contributed by atoms with van der Waals surface area (Å²) in [4.78, 5) is 34.6. The average Bonchev–Trinajstić information content (AvgIpc) is 2.62. The van der Waals surface area contributed by atoms with Gasteiger partial charge in [0.2, 0.25) is 5.91 Å². The number of nitrogens with one attached hydrogen (secondary N) is 1. The Kier molecular flexibility index (Phi) is 5.19. The van der Waals surface area contributed by atoms with Gasteiger partial charge in [0.25, 0.3) is 5.56 Å². The number of hydrogen-bond donors (Lipinski definition) is 1. The lowest BCUT2D eigenvalue weighted by Crippen LogP contribution is -2.33. The maximum atomic E-state index is 12.6. The van der Waals surface area contributed by atoms with Gasteiger partial charge in [0, 0.05) is 11.9 Å². The SMILES string of the molecule is CC(Sc1ccccc1)C(=O)N(C)Cc1nc2ccccc2c(=O)[nH]1. The number of amides is 1. The molecule has 0 saturated heterocycles. The highest BCUT2D eigenvalue weighted by atomic mass is 32.2. The van der Waals surface area contributed by atoms with E-state index in [0.29, 0.717) is 16.7 Å². The molecule has 2 aromatic carbocycles. The Morgan fingerprint density at radius 2 is 1.84 bits per heavy atom. The van der Waals surface area contributed by atoms with E-state index in [1.54, 1.807) is 30.1 Å². The zero-order valence-electron chi connectivity index (χ0n) is 14.1. The van der Waals surface area contributed by atoms with Crippen LogP contribution in [0.1, 0.15) is 12.7 Å². The molecule has 1 amide bonds. The van der Waals surface area contributed by atoms with Crippen molar-refractivity contribution in [2.75, 3.05) is 7.05 Å². The van der Waals surface area contributed by atoms with Crippen molar-refractivity contribution in [3.63, 3.8) is 0 Å². The summed E-state index contributed by atoms with van der Waals surface area (Å²) >= 11 is 1.51. The molecule has 1 aromatic heterocycles. The van der Waals surface area contributed by atoms with Crippen LogP contribution < -0.4 is 5.56 Å². The number of carbonyl (C=O) groups is 1. The maximum absolute atomic E-state index is 12.6. The van der Waals surface area contributed by atoms with Gasteiger partial charge in [-0.05, 0) is 31.2 Å². The van der Waals surface area contributed by atoms with Gasteiger partial charge in [-0.1, -0.05) is 30.3 Å². The smallest absolute Gasteiger partial charge is 0.258 e. The van der Waals surface area contributed by atoms with Gasteiger partial charge in [0.15, 0.2) is 0 Å². The van der Waals surface area contributed by atoms with Crippen LogP contribution in [0.5, 0.6) is 0 Å². The van der Waals surface area contributed by atoms with Gasteiger partial charge in [-0.2, -0.15) is 0 Å². The second kappa shape index (κ2) is 7.53. The summed E-state index contributed by atoms with van der Waals surface area (Å²) < 4.78 is 0. The van der Waals surface area contributed by atoms with E-state index < -0.39 is 0 Å². The topological polar surface area (TPSA) is 66.1 Å². The number of aromatic nitrogens is 2. The molecule has 1 unspecified atom stereocenters. The van der Waals surface area contributed by atoms with Crippen LogP contribution in [0.3, 0.4) is 0 Å². The second-order valence-electron chi connectivity index (χ2n) is 5.80. The minimum absolute atomic E-state index is 0.00957. The van der Waals surface area contributed by atoms with E-state index >= 15 is 0 Å². The molecular weight excluding hydrogens is 334 g/mol. The average molecular weight is 353 g/mol. The van der Waals surface area contributed by atoms with Crippen molar-refractivity contribution >= 4 is 28.6 Å². The molecule has 0 fully saturated rings. The van der Waals surface area contributed by atoms with Crippen molar-refractivity contribution in [1.82, 2.24) is 14.9 Å². The summed E-state index contributed by atoms with van der Waals surface area (Å²) in [6.45, 7) is 2.14. The normalized spacial score (nSPS) is 12.1. The molecule has 1 N–H and O–H groups in total. The number of carbonyl (C=O) groups excluding carboxylic acids is 1. The molecule has 1 heterocycles. The van der Waals surface area contributed by atoms with Gasteiger partial charge in [0.05, 0.1) is 22.7 Å². The maximum Gasteiger partial charge on any atom is 0.258 e. The zero-order valence-corrected chi connectivity index (χ0v) is 14.9. The van der Waals surface area contributed by atoms with Crippen molar-refractivity contribution in [2.24, 2.45) is 0 Å². The number of rotatable bonds is 5. The van der Waals surface area contributed by atoms with Crippen LogP contribution in [-0.2, 0) is 11.3 Å². The number of H-pyrrole nitrogens is 1. The third-order valence-corrected chi connectivity index (χ3v) is 4.93. The van der Waals surface area contributed by atoms with Gasteiger partial charge in [0.1, 0.15) is 5.82 Å². The lowest BCUT2D eigenvalue weighted by molar-refractivity contribution is -0.129. The lowest BCUT2D eigenvalue weighted by atomic mass is 10.2. The predicted octanol–water partition coefficient (Wildman–Crippen LogP) is 3.06. The van der Waals surface area contributed by atoms with E-state index in [0.717, 1.165) is 4.90 Å². The van der Waals surface area contributed by atoms with Crippen molar-refractivity contribution in [3.05, 3.63) is 70.8 Å². The Morgan fingerprint density at radius 1 is 1.16 bits per heavy atom. The summed E-state index contributed by atoms with van der Waals surface area (Å²) in [6, 6.07) is 17.0. The largest absolute Gasteiger partial charge is 0.337 e. The molecule has 0 aliphatic heterocycles. The molecule has 128 valence electrons. The molecule has 3 rings (SSSR count). The highest BCUT2D eigenvalue weighted by molar-refractivity contribution is 8.00. The van der Waals surface area contributed by atoms with Crippen LogP contribution in [0.4, 0.5) is 0 Å². The highest BCUT2D eigenvalue weighted by Gasteiger charge is 2.19. The monoisotopic (exact) mass is 353 g/mol. The van der Waals surface area contributed by atoms with E-state index in [-0.39, 0.29) is 23.3 Å². The number of nitrogens with zero attached hydrogens (tertiary/aromatic N) is 2. The molecule has 0 saturated carbocycles. The van der Waals surface area contributed by atoms with E-state index in [1.165, 1.54) is 11.8 Å². The first-order valence-electron chi connectivity index (χ1n) is 7.99. The summed E-state index contributed by atoms with van der Waals surface area (Å²) in [5.74, 6) is 0.473. The van der Waals surface area contributed by atoms with Crippen molar-refractivity contribution < 1.29 is 4.79 Å². The summed E-state index contributed by atoms with van der Waals surface area (Å²) in [6.07, 6.45) is 0. The highest BCUT2D eigenvalue weighted by Crippen LogP contribution is 2.24. The standard InChI is InChI=1S/C19H19N3O2S/c1-13(25-14-8-4-3-5-9-14)19(24)22(2)12-17-20-16-11-7-6-10-15(16)18(23)21-17/h3-11,13H,12H2,1-2H3,(H,20,21,23). The fourth-order valence-corrected chi connectivity index (χ4v) is 3.58. The van der Waals surface area contributed by atoms with Crippen LogP contribution in [-0.4, -0.2) is 33.1 Å². The number of thioether (sulfide) groups is 1. The van der Waals surface area contributed by atoms with E-state index in [9.17, 15) is 9.59 Å². The summed E-state index contributed by atoms with van der Waals surface area (Å²) in [5.41, 5.74) is 0.446. The number of para-hydroxylation sites is 1. The van der Waals surface area contributed by atoms with Crippen molar-refractivity contribution in [1.29, 1.82) is 0 Å². The Labute approximate surface area is 150 Å². The third-order valence-electron chi connectivity index (χ3n) is 3.83. The predicted molar refractivity (Wildman–Crippen MR) is 101 cm³/mol. The fraction of sp³-hybridized carbons (Fsp3) is 0.211. The van der Waals surface area contributed by atoms with Crippen LogP contribution >= 0.6 is 11.8 Å². The Morgan fingerprint density at radius 3 is 2.60 bits per heavy atom. The second-order valence-corrected chi connectivity index (χ2v) is 7.21. The summed E-state index contributed by atoms with van der Waals surface area (Å²) in [7, 11) is 1.72. The molecule has 0 spiro atoms. The molecule has 0 aliphatic carbocycles. The van der Waals surface area contributed by atoms with Crippen molar-refractivity contribution in [3.8, 4) is 0 Å². The van der Waals surface area contributed by atoms with E-state index in [1.807, 2.05) is 43.3 Å². The Hall–Kier alpha value is -2.60. The number of benzene rings is 2. The number of hydrogen-bond acceptors (Lipinski definition) is 4. The van der Waals surface area contributed by atoms with Crippen LogP contribution in [0.15, 0.2) is 64.3 Å². The zero-order chi connectivity index (χ0) is 17.8. The van der Waals surface area contributed by atoms with Gasteiger partial charge < -0.3 is 9.88 Å². The van der Waals surface area contributed by atoms with Gasteiger partial charge in [-0.25, -0.2) is 4.98 Å². The number of aromatic amines is 1. The first-order valence-corrected chi connectivity index (χ1v) is 8.87. The minimum atomic E-state index is -0.223. The third kappa shape index (κ3) is 4.09. The van der Waals surface area contributed by atoms with Gasteiger partial charge in [-0.3, -0.25) is 9.59 Å². The Bertz CT molecular complexity index is 940. The van der Waals surface area contributed by atoms with Gasteiger partial charge >= 0.3 is 0 Å². The van der Waals surface area contributed by atoms with Crippen LogP contribution in [0, 0.1) is 0 Å². The van der Waals surface area contributed by atoms with Crippen LogP contribution in [0.2, 0.25) is 0 Å². The molecule has 25 heavy (non-hydrogen) atoms. The fourth-order valence-electron chi connectivity index (χ4n) is 2.58. The lowest BCUT2D eigenvalue weighted by Gasteiger charge is -2.20. The van der Waals surface area contributed by atoms with E-state index in [2.05, 4.69) is 9.97 Å². The summed E-state index contributed by atoms with van der Waals surface area (Å²) in [5, 5.41) is 0.327. The Balaban J connectivity index is 1.72. The quantitative estimate of drug-likeness (QED) is 0.716. The van der Waals surface area contributed by atoms with Crippen molar-refractivity contribution in [2.45, 2.75) is 23.6 Å². The molecule has 3 aromatic rings. The first-order chi connectivity index (χ1) is 12.0. The van der Waals surface area contributed by atoms with Gasteiger partial charge in [-0.15, -0.1) is 11.8 Å².